The van der Waals surface area contributed by atoms with E-state index in [0.29, 0.717) is 13.0 Å². The molecule has 0 unspecified atom stereocenters. The van der Waals surface area contributed by atoms with Crippen LogP contribution in [0.25, 0.3) is 6.08 Å². The predicted molar refractivity (Wildman–Crippen MR) is 102 cm³/mol. The molecule has 134 valence electrons. The summed E-state index contributed by atoms with van der Waals surface area (Å²) >= 11 is 0. The lowest BCUT2D eigenvalue weighted by molar-refractivity contribution is -0.124. The maximum absolute atomic E-state index is 13.2. The van der Waals surface area contributed by atoms with Crippen molar-refractivity contribution in [3.8, 4) is 0 Å². The summed E-state index contributed by atoms with van der Waals surface area (Å²) in [5.74, 6) is -0.195. The number of amides is 1. The molecule has 26 heavy (non-hydrogen) atoms. The van der Waals surface area contributed by atoms with Gasteiger partial charge < -0.3 is 10.2 Å². The van der Waals surface area contributed by atoms with Crippen LogP contribution in [0.1, 0.15) is 37.0 Å². The fourth-order valence-corrected chi connectivity index (χ4v) is 4.26. The number of nitrogens with one attached hydrogen (secondary N) is 1. The number of carbonyl (C=O) groups excluding carboxylic acids is 1. The normalized spacial score (nSPS) is 23.7. The van der Waals surface area contributed by atoms with Crippen LogP contribution in [-0.2, 0) is 10.2 Å². The van der Waals surface area contributed by atoms with Crippen LogP contribution in [-0.4, -0.2) is 18.1 Å². The van der Waals surface area contributed by atoms with Crippen molar-refractivity contribution in [3.05, 3.63) is 71.0 Å². The first-order valence-electron chi connectivity index (χ1n) is 8.98. The van der Waals surface area contributed by atoms with Gasteiger partial charge in [0.05, 0.1) is 0 Å². The molecule has 2 aliphatic rings. The van der Waals surface area contributed by atoms with Crippen molar-refractivity contribution in [2.24, 2.45) is 0 Å². The fraction of sp³-hybridized carbons (Fsp3) is 0.318. The molecule has 0 saturated carbocycles. The van der Waals surface area contributed by atoms with Crippen molar-refractivity contribution in [1.82, 2.24) is 5.32 Å². The van der Waals surface area contributed by atoms with Gasteiger partial charge in [-0.05, 0) is 42.3 Å². The number of anilines is 1. The second-order valence-electron chi connectivity index (χ2n) is 7.75. The molecule has 1 fully saturated rings. The van der Waals surface area contributed by atoms with Crippen molar-refractivity contribution in [3.63, 3.8) is 0 Å². The number of nitrogens with zero attached hydrogens (tertiary/aromatic N) is 1. The molecular formula is C22H23FN2O. The topological polar surface area (TPSA) is 32.3 Å². The van der Waals surface area contributed by atoms with Gasteiger partial charge in [0.25, 0.3) is 0 Å². The minimum absolute atomic E-state index is 0.0580. The zero-order chi connectivity index (χ0) is 18.5. The lowest BCUT2D eigenvalue weighted by Crippen LogP contribution is -2.68. The standard InChI is InChI=1S/C22H23FN2O/c1-15-4-9-19-18(14-15)21(2,3)22(24-20(26)11-13-25(19)22)12-10-16-5-7-17(23)8-6-16/h4-10,12,14H,11,13H2,1-3H3,(H,24,26)/b12-10+/t22-/m1/s1. The summed E-state index contributed by atoms with van der Waals surface area (Å²) in [5, 5.41) is 3.26. The van der Waals surface area contributed by atoms with E-state index in [9.17, 15) is 9.18 Å². The molecule has 1 N–H and O–H groups in total. The second-order valence-corrected chi connectivity index (χ2v) is 7.75. The first kappa shape index (κ1) is 16.8. The SMILES string of the molecule is Cc1ccc2c(c1)C(C)(C)[C@]1(/C=C/c3ccc(F)cc3)NC(=O)CCN21. The van der Waals surface area contributed by atoms with Gasteiger partial charge in [0.2, 0.25) is 5.91 Å². The molecule has 2 aromatic rings. The summed E-state index contributed by atoms with van der Waals surface area (Å²) in [6.07, 6.45) is 4.51. The van der Waals surface area contributed by atoms with Crippen LogP contribution in [0, 0.1) is 12.7 Å². The molecule has 0 radical (unpaired) electrons. The van der Waals surface area contributed by atoms with Crippen LogP contribution in [0.2, 0.25) is 0 Å². The van der Waals surface area contributed by atoms with E-state index in [1.165, 1.54) is 28.9 Å². The first-order valence-corrected chi connectivity index (χ1v) is 8.98. The third-order valence-electron chi connectivity index (χ3n) is 5.77. The number of hydrogen-bond acceptors (Lipinski definition) is 2. The Kier molecular flexibility index (Phi) is 3.69. The number of carbonyl (C=O) groups is 1. The molecule has 0 bridgehead atoms. The highest BCUT2D eigenvalue weighted by Gasteiger charge is 2.57. The van der Waals surface area contributed by atoms with Gasteiger partial charge in [0.1, 0.15) is 11.5 Å². The van der Waals surface area contributed by atoms with Crippen LogP contribution < -0.4 is 10.2 Å². The zero-order valence-electron chi connectivity index (χ0n) is 15.3. The molecule has 3 nitrogen and oxygen atoms in total. The molecule has 0 aromatic heterocycles. The van der Waals surface area contributed by atoms with Gasteiger partial charge in [-0.15, -0.1) is 0 Å². The van der Waals surface area contributed by atoms with E-state index < -0.39 is 5.66 Å². The number of fused-ring (bicyclic) bond motifs is 3. The van der Waals surface area contributed by atoms with Gasteiger partial charge in [-0.2, -0.15) is 0 Å². The highest BCUT2D eigenvalue weighted by Crippen LogP contribution is 2.52. The van der Waals surface area contributed by atoms with Gasteiger partial charge in [-0.3, -0.25) is 4.79 Å². The average molecular weight is 350 g/mol. The highest BCUT2D eigenvalue weighted by atomic mass is 19.1. The number of benzene rings is 2. The number of rotatable bonds is 2. The first-order chi connectivity index (χ1) is 12.3. The Balaban J connectivity index is 1.84. The van der Waals surface area contributed by atoms with Crippen molar-refractivity contribution in [2.45, 2.75) is 38.3 Å². The van der Waals surface area contributed by atoms with Crippen molar-refractivity contribution >= 4 is 17.7 Å². The summed E-state index contributed by atoms with van der Waals surface area (Å²) in [6, 6.07) is 12.9. The summed E-state index contributed by atoms with van der Waals surface area (Å²) in [5.41, 5.74) is 3.59. The largest absolute Gasteiger partial charge is 0.344 e. The molecule has 0 aliphatic carbocycles. The molecule has 1 amide bonds. The lowest BCUT2D eigenvalue weighted by Gasteiger charge is -2.49. The monoisotopic (exact) mass is 350 g/mol. The van der Waals surface area contributed by atoms with Crippen LogP contribution in [0.3, 0.4) is 0 Å². The molecule has 1 saturated heterocycles. The van der Waals surface area contributed by atoms with Crippen molar-refractivity contribution in [2.75, 3.05) is 11.4 Å². The molecule has 2 heterocycles. The number of aryl methyl sites for hydroxylation is 1. The predicted octanol–water partition coefficient (Wildman–Crippen LogP) is 4.16. The third-order valence-corrected chi connectivity index (χ3v) is 5.77. The van der Waals surface area contributed by atoms with E-state index >= 15 is 0 Å². The summed E-state index contributed by atoms with van der Waals surface area (Å²) in [4.78, 5) is 14.6. The summed E-state index contributed by atoms with van der Waals surface area (Å²) in [6.45, 7) is 7.12. The zero-order valence-corrected chi connectivity index (χ0v) is 15.3. The minimum Gasteiger partial charge on any atom is -0.344 e. The Morgan fingerprint density at radius 1 is 1.15 bits per heavy atom. The maximum Gasteiger partial charge on any atom is 0.223 e. The highest BCUT2D eigenvalue weighted by molar-refractivity contribution is 5.84. The van der Waals surface area contributed by atoms with Gasteiger partial charge >= 0.3 is 0 Å². The second kappa shape index (κ2) is 5.70. The molecule has 2 aromatic carbocycles. The van der Waals surface area contributed by atoms with E-state index in [2.05, 4.69) is 55.3 Å². The van der Waals surface area contributed by atoms with Gasteiger partial charge in [-0.25, -0.2) is 4.39 Å². The van der Waals surface area contributed by atoms with Gasteiger partial charge in [-0.1, -0.05) is 49.8 Å². The van der Waals surface area contributed by atoms with E-state index in [4.69, 9.17) is 0 Å². The summed E-state index contributed by atoms with van der Waals surface area (Å²) in [7, 11) is 0. The van der Waals surface area contributed by atoms with E-state index in [1.54, 1.807) is 12.1 Å². The van der Waals surface area contributed by atoms with E-state index in [0.717, 1.165) is 5.56 Å². The summed E-state index contributed by atoms with van der Waals surface area (Å²) < 4.78 is 13.2. The Bertz CT molecular complexity index is 901. The molecule has 1 atom stereocenters. The molecule has 2 aliphatic heterocycles. The third kappa shape index (κ3) is 2.36. The maximum atomic E-state index is 13.2. The number of hydrogen-bond donors (Lipinski definition) is 1. The minimum atomic E-state index is -0.632. The van der Waals surface area contributed by atoms with Crippen LogP contribution in [0.5, 0.6) is 0 Å². The van der Waals surface area contributed by atoms with E-state index in [1.807, 2.05) is 6.08 Å². The Morgan fingerprint density at radius 3 is 2.62 bits per heavy atom. The molecular weight excluding hydrogens is 327 g/mol. The van der Waals surface area contributed by atoms with Crippen LogP contribution >= 0.6 is 0 Å². The molecule has 4 rings (SSSR count). The lowest BCUT2D eigenvalue weighted by atomic mass is 9.74. The fourth-order valence-electron chi connectivity index (χ4n) is 4.26. The van der Waals surface area contributed by atoms with Crippen LogP contribution in [0.4, 0.5) is 10.1 Å². The van der Waals surface area contributed by atoms with Gasteiger partial charge in [0.15, 0.2) is 0 Å². The van der Waals surface area contributed by atoms with E-state index in [-0.39, 0.29) is 17.1 Å². The van der Waals surface area contributed by atoms with Crippen molar-refractivity contribution < 1.29 is 9.18 Å². The molecule has 0 spiro atoms. The van der Waals surface area contributed by atoms with Crippen molar-refractivity contribution in [1.29, 1.82) is 0 Å². The molecule has 4 heteroatoms. The Hall–Kier alpha value is -2.62. The quantitative estimate of drug-likeness (QED) is 0.882. The van der Waals surface area contributed by atoms with Crippen LogP contribution in [0.15, 0.2) is 48.5 Å². The number of halogens is 1. The average Bonchev–Trinajstić information content (AvgIpc) is 2.79. The van der Waals surface area contributed by atoms with Gasteiger partial charge in [0, 0.05) is 24.1 Å². The Morgan fingerprint density at radius 2 is 1.88 bits per heavy atom. The smallest absolute Gasteiger partial charge is 0.223 e. The Labute approximate surface area is 153 Å².